The summed E-state index contributed by atoms with van der Waals surface area (Å²) in [6.45, 7) is 8.49. The molecular weight excluding hydrogens is 1130 g/mol. The number of benzene rings is 6. The number of carbonyl (C=O) groups is 12. The molecule has 0 radical (unpaired) electrons. The number of amides is 2. The molecule has 2 amide bonds. The molecule has 0 saturated carbocycles. The number of halogens is 2. The molecule has 0 bridgehead atoms. The highest BCUT2D eigenvalue weighted by molar-refractivity contribution is 6.63. The molecule has 6 aromatic rings. The van der Waals surface area contributed by atoms with Gasteiger partial charge in [-0.25, -0.2) is 0 Å². The molecule has 0 aliphatic heterocycles. The molecule has 0 aliphatic carbocycles. The number of aliphatic carboxylic acids is 2. The van der Waals surface area contributed by atoms with E-state index in [1.165, 1.54) is 53.7 Å². The molecule has 0 aliphatic rings. The Morgan fingerprint density at radius 1 is 0.341 bits per heavy atom. The molecule has 0 atom stereocenters. The lowest BCUT2D eigenvalue weighted by Gasteiger charge is -2.10. The van der Waals surface area contributed by atoms with Crippen LogP contribution in [0.5, 0.6) is 0 Å². The minimum Gasteiger partial charge on any atom is -0.481 e. The maximum Gasteiger partial charge on any atom is 0.303 e. The van der Waals surface area contributed by atoms with Gasteiger partial charge in [-0.15, -0.1) is 0 Å². The number of ketones is 6. The van der Waals surface area contributed by atoms with Gasteiger partial charge in [-0.2, -0.15) is 0 Å². The molecule has 6 rings (SSSR count). The van der Waals surface area contributed by atoms with Crippen LogP contribution in [0.25, 0.3) is 0 Å². The van der Waals surface area contributed by atoms with Gasteiger partial charge in [-0.1, -0.05) is 72.8 Å². The summed E-state index contributed by atoms with van der Waals surface area (Å²) in [5, 5.41) is 21.9. The van der Waals surface area contributed by atoms with Gasteiger partial charge >= 0.3 is 11.9 Å². The Hall–Kier alpha value is -9.06. The molecule has 17 nitrogen and oxygen atoms in total. The van der Waals surface area contributed by atoms with Crippen LogP contribution in [0.3, 0.4) is 0 Å². The standard InChI is InChI=1S/C32H32N2O6.C12H12Cl2O2.C12H14O4.C10H11NO2/c1-19(35)25-13-26(20(2)36)16-29(15-25)33-31(39)10-8-23-6-5-7-24(12-23)9-11-32(40)34-30-17-27(21(3)37)14-28(18-30)22(4)38;13-11(15)6-4-9-2-1-3-10(8-9)5-7-12(14)16;13-11(14)6-4-9-2-1-3-10(8-9)5-7-12(15)16;1-6(12)8-3-9(7(2)13)5-10(11)4-8/h5-7,12-18H,8-11H2,1-4H3,(H,33,39)(H,34,40);1-3,8H,4-7H2;1-3,8H,4-7H2,(H,13,14)(H,15,16);3-5H,11H2,1-2H3. The number of carbonyl (C=O) groups excluding carboxylic acids is 10. The van der Waals surface area contributed by atoms with Crippen LogP contribution in [0, 0.1) is 0 Å². The number of nitrogens with two attached hydrogens (primary N) is 1. The Kier molecular flexibility index (Phi) is 29.6. The average molecular weight is 1200 g/mol. The first-order valence-electron chi connectivity index (χ1n) is 27.0. The Morgan fingerprint density at radius 2 is 0.565 bits per heavy atom. The summed E-state index contributed by atoms with van der Waals surface area (Å²) in [5.41, 5.74) is 14.9. The molecule has 0 saturated heterocycles. The number of hydrogen-bond donors (Lipinski definition) is 5. The summed E-state index contributed by atoms with van der Waals surface area (Å²) in [6, 6.07) is 36.7. The lowest BCUT2D eigenvalue weighted by atomic mass is 10.0. The van der Waals surface area contributed by atoms with E-state index >= 15 is 0 Å². The van der Waals surface area contributed by atoms with Crippen LogP contribution in [-0.4, -0.2) is 79.2 Å². The fourth-order valence-electron chi connectivity index (χ4n) is 8.04. The lowest BCUT2D eigenvalue weighted by Crippen LogP contribution is -2.14. The van der Waals surface area contributed by atoms with Crippen molar-refractivity contribution >= 4 is 109 Å². The van der Waals surface area contributed by atoms with Gasteiger partial charge in [0.05, 0.1) is 0 Å². The van der Waals surface area contributed by atoms with E-state index in [4.69, 9.17) is 39.1 Å². The van der Waals surface area contributed by atoms with Crippen molar-refractivity contribution in [1.29, 1.82) is 0 Å². The van der Waals surface area contributed by atoms with Crippen molar-refractivity contribution in [1.82, 2.24) is 0 Å². The Balaban J connectivity index is 0.000000343. The third kappa shape index (κ3) is 28.2. The fraction of sp³-hybridized carbons (Fsp3) is 0.273. The highest BCUT2D eigenvalue weighted by atomic mass is 35.5. The van der Waals surface area contributed by atoms with Crippen LogP contribution >= 0.6 is 23.2 Å². The predicted molar refractivity (Wildman–Crippen MR) is 327 cm³/mol. The van der Waals surface area contributed by atoms with E-state index in [1.54, 1.807) is 42.5 Å². The van der Waals surface area contributed by atoms with E-state index in [-0.39, 0.29) is 82.7 Å². The van der Waals surface area contributed by atoms with Crippen molar-refractivity contribution in [2.24, 2.45) is 0 Å². The Morgan fingerprint density at radius 3 is 0.788 bits per heavy atom. The molecule has 0 spiro atoms. The maximum atomic E-state index is 12.6. The molecule has 6 N–H and O–H groups in total. The van der Waals surface area contributed by atoms with Gasteiger partial charge in [0.2, 0.25) is 22.3 Å². The zero-order chi connectivity index (χ0) is 63.3. The molecule has 446 valence electrons. The van der Waals surface area contributed by atoms with Crippen molar-refractivity contribution in [3.8, 4) is 0 Å². The molecule has 19 heteroatoms. The van der Waals surface area contributed by atoms with Crippen molar-refractivity contribution in [2.75, 3.05) is 16.4 Å². The van der Waals surface area contributed by atoms with E-state index in [0.29, 0.717) is 102 Å². The number of nitrogens with one attached hydrogen (secondary N) is 2. The number of carboxylic acids is 2. The number of nitrogen functional groups attached to an aromatic ring is 1. The summed E-state index contributed by atoms with van der Waals surface area (Å²) in [5.74, 6) is -3.13. The lowest BCUT2D eigenvalue weighted by molar-refractivity contribution is -0.137. The molecule has 0 fully saturated rings. The van der Waals surface area contributed by atoms with Crippen LogP contribution in [0.1, 0.15) is 176 Å². The van der Waals surface area contributed by atoms with Crippen molar-refractivity contribution < 1.29 is 67.7 Å². The number of carboxylic acid groups (broad SMARTS) is 2. The SMILES string of the molecule is CC(=O)c1cc(N)cc(C(C)=O)c1.CC(=O)c1cc(NC(=O)CCc2cccc(CCC(=O)Nc3cc(C(C)=O)cc(C(C)=O)c3)c2)cc(C(C)=O)c1.O=C(Cl)CCc1cccc(CCC(=O)Cl)c1.O=C(O)CCc1cccc(CCC(=O)O)c1. The molecule has 6 aromatic carbocycles. The average Bonchev–Trinajstić information content (AvgIpc) is 3.61. The summed E-state index contributed by atoms with van der Waals surface area (Å²) in [6.07, 6.45) is 4.39. The first-order valence-corrected chi connectivity index (χ1v) is 27.7. The molecule has 0 heterocycles. The topological polar surface area (TPSA) is 295 Å². The zero-order valence-corrected chi connectivity index (χ0v) is 49.7. The van der Waals surface area contributed by atoms with E-state index in [2.05, 4.69) is 10.6 Å². The van der Waals surface area contributed by atoms with Crippen LogP contribution in [0.2, 0.25) is 0 Å². The highest BCUT2D eigenvalue weighted by Gasteiger charge is 2.14. The number of hydrogen-bond acceptors (Lipinski definition) is 13. The second-order valence-electron chi connectivity index (χ2n) is 19.8. The minimum absolute atomic E-state index is 0.0881. The predicted octanol–water partition coefficient (Wildman–Crippen LogP) is 12.1. The van der Waals surface area contributed by atoms with Crippen LogP contribution in [0.4, 0.5) is 17.1 Å². The van der Waals surface area contributed by atoms with Crippen LogP contribution < -0.4 is 16.4 Å². The van der Waals surface area contributed by atoms with E-state index < -0.39 is 11.9 Å². The van der Waals surface area contributed by atoms with E-state index in [0.717, 1.165) is 33.4 Å². The number of anilines is 3. The molecule has 0 unspecified atom stereocenters. The number of Topliss-reactive ketones (excluding diaryl/α,β-unsaturated/α-hetero) is 6. The second-order valence-corrected chi connectivity index (χ2v) is 20.7. The van der Waals surface area contributed by atoms with Gasteiger partial charge in [-0.05, 0) is 191 Å². The normalized spacial score (nSPS) is 10.2. The second kappa shape index (κ2) is 35.8. The van der Waals surface area contributed by atoms with Gasteiger partial charge in [0.25, 0.3) is 0 Å². The quantitative estimate of drug-likeness (QED) is 0.0192. The smallest absolute Gasteiger partial charge is 0.303 e. The monoisotopic (exact) mass is 1200 g/mol. The van der Waals surface area contributed by atoms with Gasteiger partial charge < -0.3 is 26.6 Å². The van der Waals surface area contributed by atoms with Gasteiger partial charge in [-0.3, -0.25) is 57.5 Å². The summed E-state index contributed by atoms with van der Waals surface area (Å²) in [4.78, 5) is 136. The Labute approximate surface area is 503 Å². The van der Waals surface area contributed by atoms with E-state index in [9.17, 15) is 57.5 Å². The van der Waals surface area contributed by atoms with Gasteiger partial charge in [0, 0.05) is 89.0 Å². The summed E-state index contributed by atoms with van der Waals surface area (Å²) in [7, 11) is 0. The third-order valence-electron chi connectivity index (χ3n) is 12.6. The Bertz CT molecular complexity index is 3110. The van der Waals surface area contributed by atoms with Crippen molar-refractivity contribution in [2.45, 2.75) is 119 Å². The van der Waals surface area contributed by atoms with E-state index in [1.807, 2.05) is 72.8 Å². The largest absolute Gasteiger partial charge is 0.481 e. The zero-order valence-electron chi connectivity index (χ0n) is 48.2. The van der Waals surface area contributed by atoms with Crippen molar-refractivity contribution in [3.63, 3.8) is 0 Å². The first-order chi connectivity index (χ1) is 40.1. The number of aryl methyl sites for hydroxylation is 6. The van der Waals surface area contributed by atoms with Crippen LogP contribution in [-0.2, 0) is 67.3 Å². The van der Waals surface area contributed by atoms with Crippen molar-refractivity contribution in [3.05, 3.63) is 194 Å². The fourth-order valence-corrected chi connectivity index (χ4v) is 8.23. The third-order valence-corrected chi connectivity index (χ3v) is 12.9. The van der Waals surface area contributed by atoms with Gasteiger partial charge in [0.15, 0.2) is 34.7 Å². The maximum absolute atomic E-state index is 12.6. The summed E-state index contributed by atoms with van der Waals surface area (Å²) >= 11 is 10.5. The number of rotatable bonds is 26. The molecular formula is C66H69Cl2N3O14. The molecule has 85 heavy (non-hydrogen) atoms. The first kappa shape index (κ1) is 70.2. The van der Waals surface area contributed by atoms with Crippen LogP contribution in [0.15, 0.2) is 127 Å². The highest BCUT2D eigenvalue weighted by Crippen LogP contribution is 2.21. The molecule has 0 aromatic heterocycles. The minimum atomic E-state index is -0.823. The van der Waals surface area contributed by atoms with Gasteiger partial charge in [0.1, 0.15) is 0 Å². The summed E-state index contributed by atoms with van der Waals surface area (Å²) < 4.78 is 0.